The second kappa shape index (κ2) is 8.91. The molecule has 0 heterocycles. The van der Waals surface area contributed by atoms with Crippen LogP contribution in [0.25, 0.3) is 0 Å². The molecule has 2 N–H and O–H groups in total. The average molecular weight is 387 g/mol. The third-order valence-corrected chi connectivity index (χ3v) is 25.7. The maximum atomic E-state index is 9.95. The lowest BCUT2D eigenvalue weighted by molar-refractivity contribution is 0.467. The Morgan fingerprint density at radius 1 is 0.615 bits per heavy atom. The molecule has 0 saturated carbocycles. The normalized spacial score (nSPS) is 12.3. The zero-order valence-electron chi connectivity index (χ0n) is 16.8. The quantitative estimate of drug-likeness (QED) is 0.507. The summed E-state index contributed by atoms with van der Waals surface area (Å²) in [6.07, 6.45) is 4.30. The Hall–Kier alpha value is -1.53. The first kappa shape index (κ1) is 20.8. The molecule has 142 valence electrons. The molecule has 0 aliphatic carbocycles. The van der Waals surface area contributed by atoms with Crippen LogP contribution in [0.1, 0.15) is 24.0 Å². The number of hydrogen-bond donors (Lipinski definition) is 2. The number of para-hydroxylation sites is 2. The van der Waals surface area contributed by atoms with Gasteiger partial charge in [-0.25, -0.2) is 0 Å². The predicted molar refractivity (Wildman–Crippen MR) is 117 cm³/mol. The van der Waals surface area contributed by atoms with Crippen LogP contribution >= 0.6 is 0 Å². The van der Waals surface area contributed by atoms with Gasteiger partial charge in [0.05, 0.1) is 0 Å². The minimum Gasteiger partial charge on any atom is -0.508 e. The predicted octanol–water partition coefficient (Wildman–Crippen LogP) is 6.16. The Balaban J connectivity index is 1.85. The van der Waals surface area contributed by atoms with Gasteiger partial charge in [0.2, 0.25) is 0 Å². The molecule has 0 saturated heterocycles. The minimum absolute atomic E-state index is 0.436. The summed E-state index contributed by atoms with van der Waals surface area (Å²) >= 11 is 0. The van der Waals surface area contributed by atoms with Crippen LogP contribution in [0.3, 0.4) is 0 Å². The fourth-order valence-corrected chi connectivity index (χ4v) is 12.2. The third-order valence-electron chi connectivity index (χ3n) is 6.31. The van der Waals surface area contributed by atoms with Gasteiger partial charge in [-0.05, 0) is 36.1 Å². The Morgan fingerprint density at radius 2 is 0.962 bits per heavy atom. The van der Waals surface area contributed by atoms with Crippen LogP contribution in [-0.4, -0.2) is 25.4 Å². The largest absolute Gasteiger partial charge is 0.508 e. The standard InChI is InChI=1S/C22H34O2Si2/c1-25(2,17-9-13-19-11-5-7-15-21(19)23)26(3,4)18-10-14-20-12-6-8-16-22(20)24/h5-8,11-12,15-16,23-24H,9-10,13-14,17-18H2,1-4H3. The molecule has 0 fully saturated rings. The Morgan fingerprint density at radius 3 is 1.31 bits per heavy atom. The topological polar surface area (TPSA) is 40.5 Å². The van der Waals surface area contributed by atoms with Crippen LogP contribution in [0.5, 0.6) is 11.5 Å². The van der Waals surface area contributed by atoms with Crippen LogP contribution in [-0.2, 0) is 12.8 Å². The molecule has 4 heteroatoms. The van der Waals surface area contributed by atoms with Crippen molar-refractivity contribution in [3.8, 4) is 11.5 Å². The summed E-state index contributed by atoms with van der Waals surface area (Å²) in [6.45, 7) is 10.2. The molecule has 0 radical (unpaired) electrons. The first-order chi connectivity index (χ1) is 12.2. The van der Waals surface area contributed by atoms with Gasteiger partial charge in [-0.2, -0.15) is 0 Å². The van der Waals surface area contributed by atoms with Crippen LogP contribution in [0.2, 0.25) is 38.3 Å². The van der Waals surface area contributed by atoms with Crippen molar-refractivity contribution >= 4 is 15.2 Å². The van der Waals surface area contributed by atoms with E-state index in [-0.39, 0.29) is 0 Å². The molecule has 0 aliphatic rings. The monoisotopic (exact) mass is 386 g/mol. The molecule has 26 heavy (non-hydrogen) atoms. The Bertz CT molecular complexity index is 649. The van der Waals surface area contributed by atoms with E-state index in [4.69, 9.17) is 0 Å². The molecule has 0 spiro atoms. The number of phenols is 2. The van der Waals surface area contributed by atoms with Crippen molar-refractivity contribution in [1.82, 2.24) is 0 Å². The van der Waals surface area contributed by atoms with Gasteiger partial charge in [0, 0.05) is 15.2 Å². The Labute approximate surface area is 160 Å². The van der Waals surface area contributed by atoms with E-state index in [9.17, 15) is 10.2 Å². The molecule has 2 aromatic rings. The minimum atomic E-state index is -1.26. The second-order valence-corrected chi connectivity index (χ2v) is 25.4. The zero-order valence-corrected chi connectivity index (χ0v) is 18.8. The van der Waals surface area contributed by atoms with Crippen molar-refractivity contribution in [2.24, 2.45) is 0 Å². The van der Waals surface area contributed by atoms with Gasteiger partial charge in [-0.1, -0.05) is 87.5 Å². The van der Waals surface area contributed by atoms with Gasteiger partial charge in [-0.3, -0.25) is 0 Å². The zero-order chi connectivity index (χ0) is 19.2. The lowest BCUT2D eigenvalue weighted by atomic mass is 10.1. The third kappa shape index (κ3) is 5.48. The van der Waals surface area contributed by atoms with E-state index in [0.29, 0.717) is 11.5 Å². The maximum Gasteiger partial charge on any atom is 0.118 e. The van der Waals surface area contributed by atoms with Crippen molar-refractivity contribution in [1.29, 1.82) is 0 Å². The highest BCUT2D eigenvalue weighted by atomic mass is 29.3. The number of aromatic hydroxyl groups is 2. The highest BCUT2D eigenvalue weighted by Gasteiger charge is 2.39. The van der Waals surface area contributed by atoms with Crippen LogP contribution in [0.4, 0.5) is 0 Å². The van der Waals surface area contributed by atoms with Crippen molar-refractivity contribution in [2.75, 3.05) is 0 Å². The molecular formula is C22H34O2Si2. The van der Waals surface area contributed by atoms with Gasteiger partial charge < -0.3 is 10.2 Å². The van der Waals surface area contributed by atoms with Crippen LogP contribution in [0.15, 0.2) is 48.5 Å². The van der Waals surface area contributed by atoms with Crippen molar-refractivity contribution in [3.05, 3.63) is 59.7 Å². The van der Waals surface area contributed by atoms with Crippen LogP contribution in [0, 0.1) is 0 Å². The highest BCUT2D eigenvalue weighted by molar-refractivity contribution is 7.40. The van der Waals surface area contributed by atoms with E-state index in [1.165, 1.54) is 24.9 Å². The molecule has 0 aliphatic heterocycles. The smallest absolute Gasteiger partial charge is 0.118 e. The SMILES string of the molecule is C[Si](C)(CCCc1ccccc1O)[Si](C)(C)CCCc1ccccc1O. The molecule has 0 unspecified atom stereocenters. The summed E-state index contributed by atoms with van der Waals surface area (Å²) in [5, 5.41) is 19.9. The van der Waals surface area contributed by atoms with E-state index in [1.54, 1.807) is 12.1 Å². The van der Waals surface area contributed by atoms with E-state index >= 15 is 0 Å². The molecule has 0 amide bonds. The van der Waals surface area contributed by atoms with E-state index in [0.717, 1.165) is 24.0 Å². The van der Waals surface area contributed by atoms with Crippen molar-refractivity contribution in [3.63, 3.8) is 0 Å². The number of hydrogen-bond acceptors (Lipinski definition) is 2. The number of rotatable bonds is 9. The van der Waals surface area contributed by atoms with Gasteiger partial charge in [-0.15, -0.1) is 0 Å². The lowest BCUT2D eigenvalue weighted by Gasteiger charge is -2.39. The highest BCUT2D eigenvalue weighted by Crippen LogP contribution is 2.31. The second-order valence-electron chi connectivity index (χ2n) is 8.73. The van der Waals surface area contributed by atoms with Gasteiger partial charge >= 0.3 is 0 Å². The fraction of sp³-hybridized carbons (Fsp3) is 0.455. The lowest BCUT2D eigenvalue weighted by Crippen LogP contribution is -2.54. The van der Waals surface area contributed by atoms with Crippen molar-refractivity contribution < 1.29 is 10.2 Å². The molecule has 2 rings (SSSR count). The number of phenolic OH excluding ortho intramolecular Hbond substituents is 2. The van der Waals surface area contributed by atoms with Crippen LogP contribution < -0.4 is 0 Å². The molecule has 2 aromatic carbocycles. The molecule has 2 nitrogen and oxygen atoms in total. The first-order valence-corrected chi connectivity index (χ1v) is 17.2. The molecule has 0 bridgehead atoms. The van der Waals surface area contributed by atoms with E-state index in [2.05, 4.69) is 26.2 Å². The number of benzene rings is 2. The van der Waals surface area contributed by atoms with Gasteiger partial charge in [0.25, 0.3) is 0 Å². The molecule has 0 atom stereocenters. The summed E-state index contributed by atoms with van der Waals surface area (Å²) in [4.78, 5) is 0. The van der Waals surface area contributed by atoms with Gasteiger partial charge in [0.1, 0.15) is 11.5 Å². The fourth-order valence-electron chi connectivity index (χ4n) is 3.56. The summed E-state index contributed by atoms with van der Waals surface area (Å²) in [7, 11) is -2.52. The first-order valence-electron chi connectivity index (χ1n) is 9.77. The maximum absolute atomic E-state index is 9.95. The van der Waals surface area contributed by atoms with Crippen molar-refractivity contribution in [2.45, 2.75) is 64.0 Å². The summed E-state index contributed by atoms with van der Waals surface area (Å²) in [5.41, 5.74) is 2.16. The average Bonchev–Trinajstić information content (AvgIpc) is 2.58. The summed E-state index contributed by atoms with van der Waals surface area (Å²) in [5.74, 6) is 0.872. The van der Waals surface area contributed by atoms with E-state index < -0.39 is 15.2 Å². The molecular weight excluding hydrogens is 352 g/mol. The summed E-state index contributed by atoms with van der Waals surface area (Å²) in [6, 6.07) is 18.1. The molecule has 0 aromatic heterocycles. The van der Waals surface area contributed by atoms with Gasteiger partial charge in [0.15, 0.2) is 0 Å². The van der Waals surface area contributed by atoms with E-state index in [1.807, 2.05) is 36.4 Å². The summed E-state index contributed by atoms with van der Waals surface area (Å²) < 4.78 is 0. The number of aryl methyl sites for hydroxylation is 2. The Kier molecular flexibility index (Phi) is 7.12.